The first-order valence-electron chi connectivity index (χ1n) is 14.1. The molecule has 0 aliphatic heterocycles. The molecular formula is C34H36N2O4S. The van der Waals surface area contributed by atoms with Crippen LogP contribution in [-0.4, -0.2) is 26.2 Å². The number of ether oxygens (including phenoxy) is 1. The van der Waals surface area contributed by atoms with Gasteiger partial charge < -0.3 is 4.74 Å². The molecule has 1 aliphatic rings. The minimum atomic E-state index is -3.98. The molecule has 1 aliphatic carbocycles. The number of benzene rings is 4. The third-order valence-electron chi connectivity index (χ3n) is 8.23. The van der Waals surface area contributed by atoms with E-state index in [-0.39, 0.29) is 28.0 Å². The Kier molecular flexibility index (Phi) is 8.27. The van der Waals surface area contributed by atoms with Crippen molar-refractivity contribution in [3.63, 3.8) is 0 Å². The van der Waals surface area contributed by atoms with E-state index in [0.717, 1.165) is 31.2 Å². The molecule has 0 heterocycles. The van der Waals surface area contributed by atoms with Crippen LogP contribution in [0.25, 0.3) is 10.8 Å². The highest BCUT2D eigenvalue weighted by atomic mass is 32.2. The molecule has 4 aromatic carbocycles. The monoisotopic (exact) mass is 568 g/mol. The van der Waals surface area contributed by atoms with Gasteiger partial charge in [0.25, 0.3) is 10.0 Å². The number of fused-ring (bicyclic) bond motifs is 1. The first-order chi connectivity index (χ1) is 19.6. The van der Waals surface area contributed by atoms with E-state index < -0.39 is 16.0 Å². The second-order valence-electron chi connectivity index (χ2n) is 11.4. The molecule has 1 N–H and O–H groups in total. The Balaban J connectivity index is 1.42. The van der Waals surface area contributed by atoms with Crippen molar-refractivity contribution in [1.82, 2.24) is 4.83 Å². The summed E-state index contributed by atoms with van der Waals surface area (Å²) in [7, 11) is -3.98. The fourth-order valence-electron chi connectivity index (χ4n) is 5.76. The molecule has 1 saturated carbocycles. The van der Waals surface area contributed by atoms with Gasteiger partial charge in [-0.1, -0.05) is 111 Å². The lowest BCUT2D eigenvalue weighted by Crippen LogP contribution is -2.43. The molecule has 212 valence electrons. The molecule has 0 radical (unpaired) electrons. The van der Waals surface area contributed by atoms with Gasteiger partial charge in [-0.3, -0.25) is 0 Å². The maximum absolute atomic E-state index is 13.7. The predicted molar refractivity (Wildman–Crippen MR) is 163 cm³/mol. The normalized spacial score (nSPS) is 18.2. The quantitative estimate of drug-likeness (QED) is 0.142. The number of nitrogens with one attached hydrogen (secondary N) is 1. The zero-order chi connectivity index (χ0) is 29.0. The van der Waals surface area contributed by atoms with Crippen molar-refractivity contribution in [2.75, 3.05) is 0 Å². The predicted octanol–water partition coefficient (Wildman–Crippen LogP) is 6.91. The molecule has 0 saturated heterocycles. The van der Waals surface area contributed by atoms with Gasteiger partial charge in [-0.25, -0.2) is 4.79 Å². The standard InChI is InChI=1S/C34H36N2O4S/c1-24-17-21-29(22-18-24)41(38,39)36-35-32(26-12-5-4-6-13-26)33(37)40-31-16-10-9-15-30(31)34(2,3)28-20-19-25-11-7-8-14-27(25)23-28/h4-8,11-14,17-23,30-31,36H,9-10,15-16H2,1-3H3/b35-32+/t30-,31-/m0/s1. The lowest BCUT2D eigenvalue weighted by Gasteiger charge is -2.42. The molecule has 4 aromatic rings. The van der Waals surface area contributed by atoms with Crippen LogP contribution >= 0.6 is 0 Å². The Labute approximate surface area is 242 Å². The fraction of sp³-hybridized carbons (Fsp3) is 0.294. The van der Waals surface area contributed by atoms with Crippen molar-refractivity contribution in [3.8, 4) is 0 Å². The third kappa shape index (κ3) is 6.35. The zero-order valence-electron chi connectivity index (χ0n) is 23.7. The Hall–Kier alpha value is -3.97. The molecule has 1 fully saturated rings. The van der Waals surface area contributed by atoms with Crippen LogP contribution in [0.3, 0.4) is 0 Å². The van der Waals surface area contributed by atoms with E-state index in [2.05, 4.69) is 54.1 Å². The minimum absolute atomic E-state index is 0.0668. The highest BCUT2D eigenvalue weighted by Gasteiger charge is 2.41. The number of hydrogen-bond donors (Lipinski definition) is 1. The van der Waals surface area contributed by atoms with Crippen LogP contribution in [0.2, 0.25) is 0 Å². The number of hydrogen-bond acceptors (Lipinski definition) is 5. The van der Waals surface area contributed by atoms with Gasteiger partial charge in [0, 0.05) is 11.5 Å². The largest absolute Gasteiger partial charge is 0.457 e. The van der Waals surface area contributed by atoms with E-state index in [1.165, 1.54) is 28.5 Å². The van der Waals surface area contributed by atoms with Crippen molar-refractivity contribution < 1.29 is 17.9 Å². The van der Waals surface area contributed by atoms with E-state index in [1.54, 1.807) is 36.4 Å². The number of rotatable bonds is 8. The first kappa shape index (κ1) is 28.6. The van der Waals surface area contributed by atoms with Gasteiger partial charge in [0.05, 0.1) is 4.90 Å². The number of nitrogens with zero attached hydrogens (tertiary/aromatic N) is 1. The van der Waals surface area contributed by atoms with Crippen LogP contribution < -0.4 is 4.83 Å². The van der Waals surface area contributed by atoms with Gasteiger partial charge in [-0.15, -0.1) is 0 Å². The van der Waals surface area contributed by atoms with E-state index in [0.29, 0.717) is 5.56 Å². The number of sulfonamides is 1. The number of carbonyl (C=O) groups excluding carboxylic acids is 1. The van der Waals surface area contributed by atoms with E-state index in [1.807, 2.05) is 25.1 Å². The first-order valence-corrected chi connectivity index (χ1v) is 15.6. The molecule has 0 amide bonds. The fourth-order valence-corrected chi connectivity index (χ4v) is 6.57. The molecule has 0 aromatic heterocycles. The van der Waals surface area contributed by atoms with E-state index in [4.69, 9.17) is 4.74 Å². The van der Waals surface area contributed by atoms with Crippen LogP contribution in [-0.2, 0) is 25.0 Å². The lowest BCUT2D eigenvalue weighted by atomic mass is 9.66. The number of hydrazone groups is 1. The summed E-state index contributed by atoms with van der Waals surface area (Å²) in [5, 5.41) is 6.49. The second-order valence-corrected chi connectivity index (χ2v) is 13.0. The van der Waals surface area contributed by atoms with Crippen molar-refractivity contribution in [2.45, 2.75) is 62.9 Å². The number of esters is 1. The highest BCUT2D eigenvalue weighted by molar-refractivity contribution is 7.89. The summed E-state index contributed by atoms with van der Waals surface area (Å²) < 4.78 is 32.1. The van der Waals surface area contributed by atoms with Gasteiger partial charge in [0.1, 0.15) is 6.10 Å². The summed E-state index contributed by atoms with van der Waals surface area (Å²) in [4.78, 5) is 16.0. The average molecular weight is 569 g/mol. The Morgan fingerprint density at radius 3 is 2.24 bits per heavy atom. The summed E-state index contributed by atoms with van der Waals surface area (Å²) in [6.45, 7) is 6.32. The molecule has 2 atom stereocenters. The topological polar surface area (TPSA) is 84.8 Å². The zero-order valence-corrected chi connectivity index (χ0v) is 24.5. The smallest absolute Gasteiger partial charge is 0.359 e. The van der Waals surface area contributed by atoms with Gasteiger partial charge in [-0.05, 0) is 60.1 Å². The Bertz CT molecular complexity index is 1660. The maximum atomic E-state index is 13.7. The summed E-state index contributed by atoms with van der Waals surface area (Å²) in [6, 6.07) is 30.1. The van der Waals surface area contributed by atoms with Crippen molar-refractivity contribution in [2.24, 2.45) is 11.0 Å². The van der Waals surface area contributed by atoms with E-state index >= 15 is 0 Å². The molecule has 6 nitrogen and oxygen atoms in total. The molecule has 0 unspecified atom stereocenters. The van der Waals surface area contributed by atoms with Gasteiger partial charge >= 0.3 is 5.97 Å². The average Bonchev–Trinajstić information content (AvgIpc) is 2.98. The van der Waals surface area contributed by atoms with Crippen molar-refractivity contribution in [1.29, 1.82) is 0 Å². The van der Waals surface area contributed by atoms with Crippen molar-refractivity contribution >= 4 is 32.5 Å². The van der Waals surface area contributed by atoms with Gasteiger partial charge in [0.2, 0.25) is 0 Å². The minimum Gasteiger partial charge on any atom is -0.457 e. The maximum Gasteiger partial charge on any atom is 0.359 e. The van der Waals surface area contributed by atoms with Crippen LogP contribution in [0, 0.1) is 12.8 Å². The second kappa shape index (κ2) is 11.9. The Morgan fingerprint density at radius 2 is 1.51 bits per heavy atom. The van der Waals surface area contributed by atoms with Gasteiger partial charge in [0.15, 0.2) is 5.71 Å². The summed E-state index contributed by atoms with van der Waals surface area (Å²) in [5.41, 5.74) is 2.29. The van der Waals surface area contributed by atoms with Crippen LogP contribution in [0.5, 0.6) is 0 Å². The molecule has 0 spiro atoms. The lowest BCUT2D eigenvalue weighted by molar-refractivity contribution is -0.146. The summed E-state index contributed by atoms with van der Waals surface area (Å²) in [5.74, 6) is -0.559. The van der Waals surface area contributed by atoms with Crippen molar-refractivity contribution in [3.05, 3.63) is 114 Å². The molecule has 7 heteroatoms. The van der Waals surface area contributed by atoms with Crippen LogP contribution in [0.15, 0.2) is 107 Å². The molecule has 5 rings (SSSR count). The van der Waals surface area contributed by atoms with E-state index in [9.17, 15) is 13.2 Å². The Morgan fingerprint density at radius 1 is 0.854 bits per heavy atom. The summed E-state index contributed by atoms with van der Waals surface area (Å²) in [6.07, 6.45) is 3.35. The SMILES string of the molecule is Cc1ccc(S(=O)(=O)N/N=C(/C(=O)O[C@H]2CCCC[C@@H]2C(C)(C)c2ccc3ccccc3c2)c2ccccc2)cc1. The number of aryl methyl sites for hydroxylation is 1. The third-order valence-corrected chi connectivity index (χ3v) is 9.46. The molecule has 41 heavy (non-hydrogen) atoms. The van der Waals surface area contributed by atoms with Crippen LogP contribution in [0.4, 0.5) is 0 Å². The number of carbonyl (C=O) groups is 1. The van der Waals surface area contributed by atoms with Gasteiger partial charge in [-0.2, -0.15) is 18.4 Å². The molecule has 0 bridgehead atoms. The van der Waals surface area contributed by atoms with Crippen LogP contribution in [0.1, 0.15) is 56.2 Å². The summed E-state index contributed by atoms with van der Waals surface area (Å²) >= 11 is 0. The molecular weight excluding hydrogens is 532 g/mol. The highest BCUT2D eigenvalue weighted by Crippen LogP contribution is 2.43.